The highest BCUT2D eigenvalue weighted by Crippen LogP contribution is 2.31. The number of rotatable bonds is 9. The van der Waals surface area contributed by atoms with Gasteiger partial charge >= 0.3 is 6.36 Å². The standard InChI is InChI=1S/C36H30F3N7O2S/c1-23-8-7-9-24(2)32(23)42-35(49-21-31-25(3)48-45-33(31)27-10-5-4-6-11-27)43-41-20-26-12-14-28(15-13-26)34-40-22-46(44-34)29-16-18-30(19-17-29)47-36(37,38)39/h4-20,22H,21H2,1-3H3,(H,42,43)/b41-20+. The molecule has 0 bridgehead atoms. The summed E-state index contributed by atoms with van der Waals surface area (Å²) in [5, 5.41) is 13.9. The van der Waals surface area contributed by atoms with Crippen molar-refractivity contribution in [1.82, 2.24) is 25.3 Å². The van der Waals surface area contributed by atoms with Gasteiger partial charge in [-0.15, -0.1) is 18.3 Å². The molecule has 0 unspecified atom stereocenters. The molecule has 0 amide bonds. The predicted octanol–water partition coefficient (Wildman–Crippen LogP) is 8.96. The van der Waals surface area contributed by atoms with Crippen LogP contribution < -0.4 is 10.2 Å². The Kier molecular flexibility index (Phi) is 9.90. The van der Waals surface area contributed by atoms with Gasteiger partial charge in [-0.25, -0.2) is 14.7 Å². The second-order valence-electron chi connectivity index (χ2n) is 10.9. The molecule has 1 N–H and O–H groups in total. The molecule has 248 valence electrons. The number of ether oxygens (including phenoxy) is 1. The van der Waals surface area contributed by atoms with Crippen molar-refractivity contribution in [3.63, 3.8) is 0 Å². The molecule has 49 heavy (non-hydrogen) atoms. The van der Waals surface area contributed by atoms with Crippen LogP contribution in [0, 0.1) is 20.8 Å². The van der Waals surface area contributed by atoms with Gasteiger partial charge in [0.1, 0.15) is 23.5 Å². The molecule has 0 radical (unpaired) electrons. The molecule has 0 fully saturated rings. The molecule has 0 aliphatic carbocycles. The van der Waals surface area contributed by atoms with Crippen LogP contribution in [-0.4, -0.2) is 37.7 Å². The number of hydrogen-bond donors (Lipinski definition) is 1. The minimum atomic E-state index is -4.75. The van der Waals surface area contributed by atoms with Gasteiger partial charge in [0.2, 0.25) is 0 Å². The van der Waals surface area contributed by atoms with Gasteiger partial charge in [-0.05, 0) is 61.7 Å². The van der Waals surface area contributed by atoms with Crippen molar-refractivity contribution in [2.24, 2.45) is 10.1 Å². The van der Waals surface area contributed by atoms with Crippen LogP contribution in [0.25, 0.3) is 28.3 Å². The zero-order valence-electron chi connectivity index (χ0n) is 26.6. The molecule has 0 aliphatic heterocycles. The normalized spacial score (nSPS) is 12.1. The number of amidine groups is 1. The second kappa shape index (κ2) is 14.6. The van der Waals surface area contributed by atoms with Crippen LogP contribution in [0.15, 0.2) is 118 Å². The van der Waals surface area contributed by atoms with Crippen LogP contribution >= 0.6 is 11.8 Å². The fourth-order valence-corrected chi connectivity index (χ4v) is 5.79. The summed E-state index contributed by atoms with van der Waals surface area (Å²) in [5.74, 6) is 1.45. The molecule has 6 aromatic rings. The van der Waals surface area contributed by atoms with E-state index in [0.29, 0.717) is 22.4 Å². The summed E-state index contributed by atoms with van der Waals surface area (Å²) < 4.78 is 48.4. The first-order valence-corrected chi connectivity index (χ1v) is 16.1. The third kappa shape index (κ3) is 8.43. The maximum Gasteiger partial charge on any atom is 0.573 e. The van der Waals surface area contributed by atoms with Crippen molar-refractivity contribution in [3.8, 4) is 34.1 Å². The number of aromatic nitrogens is 4. The second-order valence-corrected chi connectivity index (χ2v) is 11.9. The number of thioether (sulfide) groups is 1. The molecule has 0 aliphatic rings. The van der Waals surface area contributed by atoms with Gasteiger partial charge in [0, 0.05) is 22.4 Å². The van der Waals surface area contributed by atoms with Crippen LogP contribution in [0.5, 0.6) is 5.75 Å². The summed E-state index contributed by atoms with van der Waals surface area (Å²) in [7, 11) is 0. The van der Waals surface area contributed by atoms with E-state index in [1.807, 2.05) is 93.6 Å². The van der Waals surface area contributed by atoms with E-state index in [9.17, 15) is 13.2 Å². The Bertz CT molecular complexity index is 2070. The molecule has 2 aromatic heterocycles. The lowest BCUT2D eigenvalue weighted by Crippen LogP contribution is -2.17. The fraction of sp³-hybridized carbons (Fsp3) is 0.139. The van der Waals surface area contributed by atoms with E-state index in [2.05, 4.69) is 30.5 Å². The van der Waals surface area contributed by atoms with Crippen LogP contribution in [-0.2, 0) is 5.75 Å². The summed E-state index contributed by atoms with van der Waals surface area (Å²) in [6.45, 7) is 5.96. The molecule has 2 heterocycles. The highest BCUT2D eigenvalue weighted by molar-refractivity contribution is 8.13. The highest BCUT2D eigenvalue weighted by atomic mass is 32.2. The predicted molar refractivity (Wildman–Crippen MR) is 185 cm³/mol. The summed E-state index contributed by atoms with van der Waals surface area (Å²) in [6, 6.07) is 28.8. The molecule has 13 heteroatoms. The average Bonchev–Trinajstić information content (AvgIpc) is 3.72. The van der Waals surface area contributed by atoms with Crippen molar-refractivity contribution in [2.75, 3.05) is 0 Å². The van der Waals surface area contributed by atoms with Crippen LogP contribution in [0.3, 0.4) is 0 Å². The van der Waals surface area contributed by atoms with Crippen molar-refractivity contribution in [2.45, 2.75) is 32.9 Å². The van der Waals surface area contributed by atoms with Crippen molar-refractivity contribution in [1.29, 1.82) is 0 Å². The maximum atomic E-state index is 12.5. The van der Waals surface area contributed by atoms with Crippen molar-refractivity contribution < 1.29 is 22.4 Å². The number of hydrogen-bond acceptors (Lipinski definition) is 8. The Morgan fingerprint density at radius 1 is 0.898 bits per heavy atom. The van der Waals surface area contributed by atoms with E-state index in [0.717, 1.165) is 50.5 Å². The van der Waals surface area contributed by atoms with E-state index in [1.165, 1.54) is 47.0 Å². The lowest BCUT2D eigenvalue weighted by Gasteiger charge is -2.09. The number of hydrazone groups is 1. The third-order valence-electron chi connectivity index (χ3n) is 7.41. The number of aliphatic imine (C=N–C) groups is 1. The quantitative estimate of drug-likeness (QED) is 0.0923. The lowest BCUT2D eigenvalue weighted by molar-refractivity contribution is -0.274. The van der Waals surface area contributed by atoms with Gasteiger partial charge in [-0.1, -0.05) is 89.7 Å². The Morgan fingerprint density at radius 2 is 1.61 bits per heavy atom. The molecule has 0 saturated carbocycles. The minimum Gasteiger partial charge on any atom is -0.406 e. The molecule has 9 nitrogen and oxygen atoms in total. The van der Waals surface area contributed by atoms with Crippen LogP contribution in [0.2, 0.25) is 0 Å². The Balaban J connectivity index is 1.16. The smallest absolute Gasteiger partial charge is 0.406 e. The van der Waals surface area contributed by atoms with E-state index in [1.54, 1.807) is 6.21 Å². The largest absolute Gasteiger partial charge is 0.573 e. The lowest BCUT2D eigenvalue weighted by atomic mass is 10.1. The number of para-hydroxylation sites is 1. The van der Waals surface area contributed by atoms with Gasteiger partial charge in [-0.3, -0.25) is 5.43 Å². The minimum absolute atomic E-state index is 0.312. The fourth-order valence-electron chi connectivity index (χ4n) is 4.90. The average molecular weight is 682 g/mol. The molecule has 6 rings (SSSR count). The Hall–Kier alpha value is -5.69. The van der Waals surface area contributed by atoms with Gasteiger partial charge < -0.3 is 9.26 Å². The van der Waals surface area contributed by atoms with E-state index < -0.39 is 6.36 Å². The maximum absolute atomic E-state index is 12.5. The number of nitrogens with zero attached hydrogens (tertiary/aromatic N) is 6. The number of alkyl halides is 3. The molecule has 0 spiro atoms. The summed E-state index contributed by atoms with van der Waals surface area (Å²) in [6.07, 6.45) is -1.57. The van der Waals surface area contributed by atoms with Gasteiger partial charge in [0.15, 0.2) is 11.0 Å². The van der Waals surface area contributed by atoms with Gasteiger partial charge in [0.05, 0.1) is 17.6 Å². The Morgan fingerprint density at radius 3 is 2.31 bits per heavy atom. The molecule has 0 atom stereocenters. The highest BCUT2D eigenvalue weighted by Gasteiger charge is 2.31. The van der Waals surface area contributed by atoms with Crippen LogP contribution in [0.1, 0.15) is 28.0 Å². The number of nitrogens with one attached hydrogen (secondary N) is 1. The van der Waals surface area contributed by atoms with Gasteiger partial charge in [-0.2, -0.15) is 5.10 Å². The number of benzene rings is 4. The zero-order valence-corrected chi connectivity index (χ0v) is 27.5. The summed E-state index contributed by atoms with van der Waals surface area (Å²) in [5.41, 5.74) is 11.0. The molecule has 4 aromatic carbocycles. The van der Waals surface area contributed by atoms with E-state index in [4.69, 9.17) is 9.52 Å². The van der Waals surface area contributed by atoms with Crippen LogP contribution in [0.4, 0.5) is 18.9 Å². The number of halogens is 3. The van der Waals surface area contributed by atoms with Crippen molar-refractivity contribution in [3.05, 3.63) is 131 Å². The molecule has 0 saturated heterocycles. The first-order chi connectivity index (χ1) is 23.6. The first-order valence-electron chi connectivity index (χ1n) is 15.1. The topological polar surface area (TPSA) is 103 Å². The monoisotopic (exact) mass is 681 g/mol. The zero-order chi connectivity index (χ0) is 34.4. The Labute approximate surface area is 284 Å². The third-order valence-corrected chi connectivity index (χ3v) is 8.30. The summed E-state index contributed by atoms with van der Waals surface area (Å²) >= 11 is 1.50. The SMILES string of the molecule is Cc1cccc(C)c1/N=C(/N/N=C/c1ccc(-c2ncn(-c3ccc(OC(F)(F)F)cc3)n2)cc1)SCc1c(-c2ccccc2)noc1C. The first kappa shape index (κ1) is 33.2. The summed E-state index contributed by atoms with van der Waals surface area (Å²) in [4.78, 5) is 9.30. The molecular formula is C36H30F3N7O2S. The van der Waals surface area contributed by atoms with E-state index in [-0.39, 0.29) is 5.75 Å². The number of aryl methyl sites for hydroxylation is 3. The van der Waals surface area contributed by atoms with Gasteiger partial charge in [0.25, 0.3) is 0 Å². The van der Waals surface area contributed by atoms with E-state index >= 15 is 0 Å². The van der Waals surface area contributed by atoms with Crippen molar-refractivity contribution >= 4 is 28.8 Å². The molecular weight excluding hydrogens is 652 g/mol.